The van der Waals surface area contributed by atoms with Gasteiger partial charge in [0.2, 0.25) is 0 Å². The maximum Gasteiger partial charge on any atom is 0.314 e. The van der Waals surface area contributed by atoms with Gasteiger partial charge in [-0.1, -0.05) is 0 Å². The molecule has 4 bridgehead atoms. The van der Waals surface area contributed by atoms with Crippen molar-refractivity contribution < 1.29 is 14.5 Å². The molecular weight excluding hydrogens is 324 g/mol. The number of piperidine rings is 1. The molecule has 0 spiro atoms. The fraction of sp³-hybridized carbons (Fsp3) is 0.727. The van der Waals surface area contributed by atoms with Gasteiger partial charge in [0.1, 0.15) is 6.42 Å². The Balaban J connectivity index is 1.52. The van der Waals surface area contributed by atoms with Crippen LogP contribution < -0.4 is 9.47 Å². The minimum Gasteiger partial charge on any atom is -0.481 e. The third kappa shape index (κ3) is 2.82. The third-order valence-corrected chi connectivity index (χ3v) is 7.59. The molecule has 4 heteroatoms. The van der Waals surface area contributed by atoms with Gasteiger partial charge in [-0.2, -0.15) is 4.57 Å². The molecule has 1 aliphatic heterocycles. The Morgan fingerprint density at radius 3 is 2.27 bits per heavy atom. The minimum absolute atomic E-state index is 0.142. The molecule has 4 aliphatic carbocycles. The summed E-state index contributed by atoms with van der Waals surface area (Å²) in [5.41, 5.74) is 2.43. The Labute approximate surface area is 156 Å². The zero-order valence-electron chi connectivity index (χ0n) is 15.7. The number of nitrogens with zero attached hydrogens (tertiary/aromatic N) is 2. The molecule has 1 aromatic rings. The average Bonchev–Trinajstić information content (AvgIpc) is 2.60. The van der Waals surface area contributed by atoms with E-state index in [9.17, 15) is 9.90 Å². The van der Waals surface area contributed by atoms with Gasteiger partial charge in [0.05, 0.1) is 0 Å². The van der Waals surface area contributed by atoms with Crippen LogP contribution in [0, 0.1) is 17.8 Å². The van der Waals surface area contributed by atoms with E-state index in [1.165, 1.54) is 63.5 Å². The number of pyridine rings is 1. The standard InChI is InChI=1S/C22H30N2O2/c25-21(26)12-20-11-19(23-5-2-1-3-6-23)4-7-24(20)22-13-16-8-17(14-22)10-18(9-16)15-22/h4,7,11,16-18H,1-3,5-6,8-10,12-15H2/p+1. The number of carboxylic acid groups (broad SMARTS) is 1. The quantitative estimate of drug-likeness (QED) is 0.841. The van der Waals surface area contributed by atoms with Crippen LogP contribution in [0.4, 0.5) is 5.69 Å². The summed E-state index contributed by atoms with van der Waals surface area (Å²) in [5.74, 6) is 1.90. The summed E-state index contributed by atoms with van der Waals surface area (Å²) < 4.78 is 2.42. The Morgan fingerprint density at radius 1 is 1.08 bits per heavy atom. The molecule has 0 aromatic carbocycles. The van der Waals surface area contributed by atoms with Gasteiger partial charge in [0.15, 0.2) is 17.4 Å². The second kappa shape index (κ2) is 6.24. The molecule has 0 unspecified atom stereocenters. The van der Waals surface area contributed by atoms with Gasteiger partial charge in [-0.3, -0.25) is 4.79 Å². The number of aromatic nitrogens is 1. The van der Waals surface area contributed by atoms with Crippen LogP contribution in [0.25, 0.3) is 0 Å². The first-order chi connectivity index (χ1) is 12.6. The molecule has 0 atom stereocenters. The van der Waals surface area contributed by atoms with E-state index in [-0.39, 0.29) is 12.0 Å². The Hall–Kier alpha value is -1.58. The number of hydrogen-bond donors (Lipinski definition) is 1. The van der Waals surface area contributed by atoms with Crippen LogP contribution in [-0.2, 0) is 16.8 Å². The molecular formula is C22H31N2O2+. The van der Waals surface area contributed by atoms with Crippen LogP contribution in [0.1, 0.15) is 63.5 Å². The smallest absolute Gasteiger partial charge is 0.314 e. The first kappa shape index (κ1) is 16.6. The van der Waals surface area contributed by atoms with Gasteiger partial charge in [0.25, 0.3) is 0 Å². The Bertz CT molecular complexity index is 673. The lowest BCUT2D eigenvalue weighted by molar-refractivity contribution is -0.782. The number of anilines is 1. The van der Waals surface area contributed by atoms with Gasteiger partial charge in [-0.05, 0) is 56.3 Å². The van der Waals surface area contributed by atoms with Gasteiger partial charge in [-0.15, -0.1) is 0 Å². The first-order valence-electron chi connectivity index (χ1n) is 10.6. The molecule has 5 fully saturated rings. The average molecular weight is 356 g/mol. The van der Waals surface area contributed by atoms with E-state index in [0.29, 0.717) is 0 Å². The molecule has 4 nitrogen and oxygen atoms in total. The first-order valence-corrected chi connectivity index (χ1v) is 10.6. The van der Waals surface area contributed by atoms with Crippen molar-refractivity contribution in [3.63, 3.8) is 0 Å². The molecule has 4 saturated carbocycles. The maximum atomic E-state index is 11.6. The van der Waals surface area contributed by atoms with E-state index in [1.807, 2.05) is 0 Å². The number of aliphatic carboxylic acids is 1. The zero-order valence-corrected chi connectivity index (χ0v) is 15.7. The lowest BCUT2D eigenvalue weighted by Crippen LogP contribution is -2.66. The van der Waals surface area contributed by atoms with Crippen molar-refractivity contribution in [1.82, 2.24) is 0 Å². The maximum absolute atomic E-state index is 11.6. The van der Waals surface area contributed by atoms with Crippen molar-refractivity contribution in [3.05, 3.63) is 24.0 Å². The van der Waals surface area contributed by atoms with Crippen molar-refractivity contribution in [1.29, 1.82) is 0 Å². The molecule has 0 radical (unpaired) electrons. The number of hydrogen-bond acceptors (Lipinski definition) is 2. The van der Waals surface area contributed by atoms with Crippen molar-refractivity contribution in [3.8, 4) is 0 Å². The summed E-state index contributed by atoms with van der Waals surface area (Å²) in [4.78, 5) is 14.1. The molecule has 2 heterocycles. The zero-order chi connectivity index (χ0) is 17.7. The van der Waals surface area contributed by atoms with E-state index >= 15 is 0 Å². The summed E-state index contributed by atoms with van der Waals surface area (Å²) >= 11 is 0. The second-order valence-electron chi connectivity index (χ2n) is 9.51. The van der Waals surface area contributed by atoms with Crippen LogP contribution in [0.2, 0.25) is 0 Å². The van der Waals surface area contributed by atoms with E-state index < -0.39 is 5.97 Å². The third-order valence-electron chi connectivity index (χ3n) is 7.59. The highest BCUT2D eigenvalue weighted by atomic mass is 16.4. The minimum atomic E-state index is -0.709. The Morgan fingerprint density at radius 2 is 1.69 bits per heavy atom. The fourth-order valence-corrected chi connectivity index (χ4v) is 7.00. The highest BCUT2D eigenvalue weighted by Crippen LogP contribution is 2.57. The topological polar surface area (TPSA) is 44.4 Å². The molecule has 5 aliphatic rings. The highest BCUT2D eigenvalue weighted by molar-refractivity contribution is 5.69. The molecule has 140 valence electrons. The normalized spacial score (nSPS) is 35.7. The largest absolute Gasteiger partial charge is 0.481 e. The van der Waals surface area contributed by atoms with Crippen molar-refractivity contribution in [2.45, 2.75) is 69.7 Å². The summed E-state index contributed by atoms with van der Waals surface area (Å²) in [6.07, 6.45) is 14.2. The second-order valence-corrected chi connectivity index (χ2v) is 9.51. The monoisotopic (exact) mass is 355 g/mol. The van der Waals surface area contributed by atoms with Crippen LogP contribution in [-0.4, -0.2) is 24.2 Å². The van der Waals surface area contributed by atoms with Crippen LogP contribution >= 0.6 is 0 Å². The van der Waals surface area contributed by atoms with E-state index in [2.05, 4.69) is 27.8 Å². The van der Waals surface area contributed by atoms with Crippen molar-refractivity contribution in [2.24, 2.45) is 17.8 Å². The summed E-state index contributed by atoms with van der Waals surface area (Å²) in [5, 5.41) is 9.55. The lowest BCUT2D eigenvalue weighted by Gasteiger charge is -2.53. The van der Waals surface area contributed by atoms with E-state index in [1.54, 1.807) is 0 Å². The van der Waals surface area contributed by atoms with Gasteiger partial charge >= 0.3 is 5.97 Å². The van der Waals surface area contributed by atoms with Gasteiger partial charge in [-0.25, -0.2) is 0 Å². The predicted octanol–water partition coefficient (Wildman–Crippen LogP) is 3.52. The fourth-order valence-electron chi connectivity index (χ4n) is 7.00. The predicted molar refractivity (Wildman–Crippen MR) is 100 cm³/mol. The molecule has 1 saturated heterocycles. The van der Waals surface area contributed by atoms with Gasteiger partial charge in [0, 0.05) is 50.2 Å². The number of carbonyl (C=O) groups is 1. The molecule has 0 amide bonds. The van der Waals surface area contributed by atoms with Crippen LogP contribution in [0.3, 0.4) is 0 Å². The van der Waals surface area contributed by atoms with Crippen LogP contribution in [0.15, 0.2) is 18.3 Å². The SMILES string of the molecule is O=C(O)Cc1cc(N2CCCCC2)cc[n+]1C12CC3CC(CC(C3)C1)C2. The molecule has 1 aromatic heterocycles. The summed E-state index contributed by atoms with van der Waals surface area (Å²) in [7, 11) is 0. The van der Waals surface area contributed by atoms with E-state index in [0.717, 1.165) is 36.5 Å². The van der Waals surface area contributed by atoms with Crippen LogP contribution in [0.5, 0.6) is 0 Å². The molecule has 26 heavy (non-hydrogen) atoms. The van der Waals surface area contributed by atoms with Crippen molar-refractivity contribution >= 4 is 11.7 Å². The van der Waals surface area contributed by atoms with E-state index in [4.69, 9.17) is 0 Å². The number of carboxylic acids is 1. The summed E-state index contributed by atoms with van der Waals surface area (Å²) in [6, 6.07) is 4.45. The summed E-state index contributed by atoms with van der Waals surface area (Å²) in [6.45, 7) is 2.21. The number of rotatable bonds is 4. The highest BCUT2D eigenvalue weighted by Gasteiger charge is 2.57. The van der Waals surface area contributed by atoms with Crippen molar-refractivity contribution in [2.75, 3.05) is 18.0 Å². The lowest BCUT2D eigenvalue weighted by atomic mass is 9.53. The molecule has 6 rings (SSSR count). The van der Waals surface area contributed by atoms with Gasteiger partial charge < -0.3 is 10.0 Å². The Kier molecular flexibility index (Phi) is 3.98. The molecule has 1 N–H and O–H groups in total.